The molecule has 0 aliphatic rings. The average molecular weight is 237 g/mol. The van der Waals surface area contributed by atoms with Crippen LogP contribution in [0.4, 0.5) is 5.69 Å². The van der Waals surface area contributed by atoms with Gasteiger partial charge in [-0.25, -0.2) is 0 Å². The summed E-state index contributed by atoms with van der Waals surface area (Å²) in [5, 5.41) is 0. The Kier molecular flexibility index (Phi) is 4.82. The summed E-state index contributed by atoms with van der Waals surface area (Å²) < 4.78 is 10.2. The topological polar surface area (TPSA) is 38.8 Å². The van der Waals surface area contributed by atoms with Crippen molar-refractivity contribution in [1.82, 2.24) is 0 Å². The molecule has 94 valence electrons. The Labute approximate surface area is 102 Å². The molecular weight excluding hydrogens is 218 g/mol. The van der Waals surface area contributed by atoms with Crippen LogP contribution in [0.5, 0.6) is 5.75 Å². The first-order chi connectivity index (χ1) is 8.02. The van der Waals surface area contributed by atoms with Crippen molar-refractivity contribution < 1.29 is 14.3 Å². The number of benzene rings is 1. The zero-order chi connectivity index (χ0) is 12.8. The zero-order valence-electron chi connectivity index (χ0n) is 10.8. The summed E-state index contributed by atoms with van der Waals surface area (Å²) in [5.74, 6) is 0.574. The van der Waals surface area contributed by atoms with Crippen molar-refractivity contribution in [3.05, 3.63) is 24.3 Å². The summed E-state index contributed by atoms with van der Waals surface area (Å²) in [6.45, 7) is 3.92. The molecule has 0 N–H and O–H groups in total. The Hall–Kier alpha value is -1.71. The first kappa shape index (κ1) is 13.4. The van der Waals surface area contributed by atoms with E-state index in [0.717, 1.165) is 11.4 Å². The molecule has 0 aromatic heterocycles. The smallest absolute Gasteiger partial charge is 0.325 e. The Morgan fingerprint density at radius 2 is 1.88 bits per heavy atom. The van der Waals surface area contributed by atoms with Gasteiger partial charge in [-0.1, -0.05) is 0 Å². The van der Waals surface area contributed by atoms with E-state index in [1.54, 1.807) is 7.11 Å². The van der Waals surface area contributed by atoms with Gasteiger partial charge in [0.2, 0.25) is 0 Å². The van der Waals surface area contributed by atoms with Crippen LogP contribution in [0.1, 0.15) is 13.8 Å². The first-order valence-corrected chi connectivity index (χ1v) is 5.57. The van der Waals surface area contributed by atoms with Crippen LogP contribution in [0.15, 0.2) is 24.3 Å². The third kappa shape index (κ3) is 4.34. The maximum atomic E-state index is 11.5. The Bertz CT molecular complexity index is 359. The Balaban J connectivity index is 2.56. The lowest BCUT2D eigenvalue weighted by molar-refractivity contribution is -0.145. The van der Waals surface area contributed by atoms with Crippen LogP contribution >= 0.6 is 0 Å². The summed E-state index contributed by atoms with van der Waals surface area (Å²) in [4.78, 5) is 13.3. The van der Waals surface area contributed by atoms with Crippen molar-refractivity contribution in [2.75, 3.05) is 25.6 Å². The molecule has 0 saturated carbocycles. The van der Waals surface area contributed by atoms with Gasteiger partial charge in [0.15, 0.2) is 0 Å². The van der Waals surface area contributed by atoms with Gasteiger partial charge in [-0.2, -0.15) is 0 Å². The second-order valence-electron chi connectivity index (χ2n) is 4.09. The summed E-state index contributed by atoms with van der Waals surface area (Å²) in [7, 11) is 3.47. The number of ether oxygens (including phenoxy) is 2. The van der Waals surface area contributed by atoms with E-state index in [1.807, 2.05) is 50.1 Å². The first-order valence-electron chi connectivity index (χ1n) is 5.57. The van der Waals surface area contributed by atoms with E-state index < -0.39 is 0 Å². The van der Waals surface area contributed by atoms with E-state index in [9.17, 15) is 4.79 Å². The SMILES string of the molecule is COc1ccc(N(C)CC(=O)OC(C)C)cc1. The van der Waals surface area contributed by atoms with Gasteiger partial charge in [0, 0.05) is 12.7 Å². The molecule has 0 aliphatic heterocycles. The number of rotatable bonds is 5. The van der Waals surface area contributed by atoms with Crippen LogP contribution in [0.25, 0.3) is 0 Å². The monoisotopic (exact) mass is 237 g/mol. The second-order valence-corrected chi connectivity index (χ2v) is 4.09. The van der Waals surface area contributed by atoms with E-state index in [1.165, 1.54) is 0 Å². The number of hydrogen-bond acceptors (Lipinski definition) is 4. The lowest BCUT2D eigenvalue weighted by atomic mass is 10.3. The van der Waals surface area contributed by atoms with Gasteiger partial charge in [-0.05, 0) is 38.1 Å². The molecule has 17 heavy (non-hydrogen) atoms. The number of methoxy groups -OCH3 is 1. The molecule has 0 fully saturated rings. The highest BCUT2D eigenvalue weighted by Gasteiger charge is 2.10. The predicted octanol–water partition coefficient (Wildman–Crippen LogP) is 2.08. The van der Waals surface area contributed by atoms with Gasteiger partial charge in [0.05, 0.1) is 13.2 Å². The van der Waals surface area contributed by atoms with Crippen LogP contribution in [-0.4, -0.2) is 32.8 Å². The van der Waals surface area contributed by atoms with Crippen molar-refractivity contribution in [3.8, 4) is 5.75 Å². The summed E-state index contributed by atoms with van der Waals surface area (Å²) in [6.07, 6.45) is -0.0771. The zero-order valence-corrected chi connectivity index (χ0v) is 10.8. The summed E-state index contributed by atoms with van der Waals surface area (Å²) in [6, 6.07) is 7.53. The van der Waals surface area contributed by atoms with E-state index in [-0.39, 0.29) is 18.6 Å². The van der Waals surface area contributed by atoms with Gasteiger partial charge in [-0.3, -0.25) is 4.79 Å². The number of hydrogen-bond donors (Lipinski definition) is 0. The van der Waals surface area contributed by atoms with E-state index in [0.29, 0.717) is 0 Å². The standard InChI is InChI=1S/C13H19NO3/c1-10(2)17-13(15)9-14(3)11-5-7-12(16-4)8-6-11/h5-8,10H,9H2,1-4H3. The van der Waals surface area contributed by atoms with E-state index >= 15 is 0 Å². The van der Waals surface area contributed by atoms with Gasteiger partial charge in [0.1, 0.15) is 12.3 Å². The molecule has 0 amide bonds. The molecule has 0 atom stereocenters. The van der Waals surface area contributed by atoms with Crippen LogP contribution in [0.3, 0.4) is 0 Å². The van der Waals surface area contributed by atoms with Crippen LogP contribution in [0.2, 0.25) is 0 Å². The molecule has 0 heterocycles. The number of anilines is 1. The molecule has 1 rings (SSSR count). The average Bonchev–Trinajstić information content (AvgIpc) is 2.28. The largest absolute Gasteiger partial charge is 0.497 e. The van der Waals surface area contributed by atoms with Gasteiger partial charge in [-0.15, -0.1) is 0 Å². The number of nitrogens with zero attached hydrogens (tertiary/aromatic N) is 1. The van der Waals surface area contributed by atoms with Crippen LogP contribution < -0.4 is 9.64 Å². The fourth-order valence-corrected chi connectivity index (χ4v) is 1.42. The van der Waals surface area contributed by atoms with Gasteiger partial charge >= 0.3 is 5.97 Å². The number of likely N-dealkylation sites (N-methyl/N-ethyl adjacent to an activating group) is 1. The molecule has 4 heteroatoms. The fraction of sp³-hybridized carbons (Fsp3) is 0.462. The molecule has 0 aliphatic carbocycles. The normalized spacial score (nSPS) is 10.2. The van der Waals surface area contributed by atoms with Crippen molar-refractivity contribution in [2.24, 2.45) is 0 Å². The predicted molar refractivity (Wildman–Crippen MR) is 67.5 cm³/mol. The lowest BCUT2D eigenvalue weighted by Gasteiger charge is -2.19. The maximum absolute atomic E-state index is 11.5. The van der Waals surface area contributed by atoms with Crippen LogP contribution in [-0.2, 0) is 9.53 Å². The number of carbonyl (C=O) groups excluding carboxylic acids is 1. The molecule has 0 saturated heterocycles. The van der Waals surface area contributed by atoms with Gasteiger partial charge < -0.3 is 14.4 Å². The van der Waals surface area contributed by atoms with Crippen molar-refractivity contribution in [3.63, 3.8) is 0 Å². The van der Waals surface area contributed by atoms with Crippen molar-refractivity contribution >= 4 is 11.7 Å². The Morgan fingerprint density at radius 1 is 1.29 bits per heavy atom. The molecule has 0 bridgehead atoms. The summed E-state index contributed by atoms with van der Waals surface area (Å²) >= 11 is 0. The molecule has 4 nitrogen and oxygen atoms in total. The molecule has 0 unspecified atom stereocenters. The van der Waals surface area contributed by atoms with Crippen LogP contribution in [0, 0.1) is 0 Å². The second kappa shape index (κ2) is 6.13. The summed E-state index contributed by atoms with van der Waals surface area (Å²) in [5.41, 5.74) is 0.950. The van der Waals surface area contributed by atoms with E-state index in [2.05, 4.69) is 0 Å². The van der Waals surface area contributed by atoms with Gasteiger partial charge in [0.25, 0.3) is 0 Å². The minimum absolute atomic E-state index is 0.0771. The minimum atomic E-state index is -0.224. The molecule has 0 spiro atoms. The highest BCUT2D eigenvalue weighted by molar-refractivity contribution is 5.75. The van der Waals surface area contributed by atoms with E-state index in [4.69, 9.17) is 9.47 Å². The molecule has 0 radical (unpaired) electrons. The quantitative estimate of drug-likeness (QED) is 0.735. The lowest BCUT2D eigenvalue weighted by Crippen LogP contribution is -2.28. The Morgan fingerprint density at radius 3 is 2.35 bits per heavy atom. The maximum Gasteiger partial charge on any atom is 0.325 e. The number of esters is 1. The molecular formula is C13H19NO3. The van der Waals surface area contributed by atoms with Crippen molar-refractivity contribution in [1.29, 1.82) is 0 Å². The highest BCUT2D eigenvalue weighted by atomic mass is 16.5. The third-order valence-corrected chi connectivity index (χ3v) is 2.25. The molecule has 1 aromatic carbocycles. The third-order valence-electron chi connectivity index (χ3n) is 2.25. The highest BCUT2D eigenvalue weighted by Crippen LogP contribution is 2.17. The fourth-order valence-electron chi connectivity index (χ4n) is 1.42. The minimum Gasteiger partial charge on any atom is -0.497 e. The number of carbonyl (C=O) groups is 1. The van der Waals surface area contributed by atoms with Crippen molar-refractivity contribution in [2.45, 2.75) is 20.0 Å². The molecule has 1 aromatic rings.